The molecule has 0 aliphatic carbocycles. The van der Waals surface area contributed by atoms with Crippen molar-refractivity contribution < 1.29 is 17.5 Å². The Hall–Kier alpha value is 0.141. The molecule has 0 saturated carbocycles. The van der Waals surface area contributed by atoms with E-state index in [4.69, 9.17) is 0 Å². The molecule has 0 aromatic heterocycles. The fraction of sp³-hybridized carbons (Fsp3) is 0. The van der Waals surface area contributed by atoms with Crippen LogP contribution in [0.2, 0.25) is 0 Å². The third kappa shape index (κ3) is 8.11. The van der Waals surface area contributed by atoms with Gasteiger partial charge in [0.2, 0.25) is 0 Å². The van der Waals surface area contributed by atoms with Gasteiger partial charge in [-0.05, 0) is 46.4 Å². The first kappa shape index (κ1) is 19.1. The van der Waals surface area contributed by atoms with Gasteiger partial charge in [-0.15, -0.1) is 0 Å². The van der Waals surface area contributed by atoms with Crippen LogP contribution in [0.1, 0.15) is 0 Å². The first-order valence-electron chi connectivity index (χ1n) is 4.90. The predicted octanol–water partition coefficient (Wildman–Crippen LogP) is 1.47. The molecule has 0 saturated heterocycles. The standard InChI is InChI=1S/2C6H6O2S.Sr/c2*7-9(8)6-4-2-1-3-5-6;/h2*1-5H,(H,7,8);/q;;+2/p-2. The van der Waals surface area contributed by atoms with E-state index in [-0.39, 0.29) is 45.5 Å². The quantitative estimate of drug-likeness (QED) is 0.593. The second-order valence-corrected chi connectivity index (χ2v) is 4.98. The minimum atomic E-state index is -2.08. The van der Waals surface area contributed by atoms with Gasteiger partial charge in [0.15, 0.2) is 0 Å². The van der Waals surface area contributed by atoms with Crippen molar-refractivity contribution >= 4 is 67.6 Å². The van der Waals surface area contributed by atoms with Crippen LogP contribution in [0.3, 0.4) is 0 Å². The largest absolute Gasteiger partial charge is 2.00 e. The average molecular weight is 370 g/mol. The van der Waals surface area contributed by atoms with E-state index in [0.29, 0.717) is 9.79 Å². The number of benzene rings is 2. The van der Waals surface area contributed by atoms with E-state index in [2.05, 4.69) is 0 Å². The van der Waals surface area contributed by atoms with E-state index < -0.39 is 22.2 Å². The minimum Gasteiger partial charge on any atom is -0.768 e. The molecular formula is C12H10O4S2Sr. The Kier molecular flexibility index (Phi) is 11.0. The van der Waals surface area contributed by atoms with E-state index in [1.807, 2.05) is 0 Å². The molecule has 0 radical (unpaired) electrons. The molecule has 4 nitrogen and oxygen atoms in total. The molecule has 0 fully saturated rings. The Labute approximate surface area is 154 Å². The second-order valence-electron chi connectivity index (χ2n) is 3.10. The van der Waals surface area contributed by atoms with Crippen molar-refractivity contribution in [1.82, 2.24) is 0 Å². The molecule has 0 amide bonds. The van der Waals surface area contributed by atoms with Crippen LogP contribution >= 0.6 is 0 Å². The van der Waals surface area contributed by atoms with Crippen LogP contribution < -0.4 is 0 Å². The van der Waals surface area contributed by atoms with Crippen molar-refractivity contribution in [1.29, 1.82) is 0 Å². The zero-order valence-electron chi connectivity index (χ0n) is 9.93. The van der Waals surface area contributed by atoms with Crippen LogP contribution in [0.25, 0.3) is 0 Å². The summed E-state index contributed by atoms with van der Waals surface area (Å²) >= 11 is -4.16. The molecule has 0 heterocycles. The molecule has 7 heteroatoms. The molecule has 2 atom stereocenters. The summed E-state index contributed by atoms with van der Waals surface area (Å²) in [5.74, 6) is 0. The first-order valence-corrected chi connectivity index (χ1v) is 7.05. The monoisotopic (exact) mass is 370 g/mol. The molecule has 2 rings (SSSR count). The Balaban J connectivity index is 0.000000324. The molecule has 2 unspecified atom stereocenters. The smallest absolute Gasteiger partial charge is 0.768 e. The number of hydrogen-bond acceptors (Lipinski definition) is 4. The Morgan fingerprint density at radius 2 is 0.895 bits per heavy atom. The van der Waals surface area contributed by atoms with Crippen LogP contribution in [-0.2, 0) is 22.2 Å². The molecule has 2 aromatic carbocycles. The SMILES string of the molecule is O=S([O-])c1ccccc1.O=S([O-])c1ccccc1.[Sr+2]. The van der Waals surface area contributed by atoms with E-state index >= 15 is 0 Å². The maximum Gasteiger partial charge on any atom is 2.00 e. The molecule has 0 aliphatic heterocycles. The Morgan fingerprint density at radius 3 is 1.05 bits per heavy atom. The van der Waals surface area contributed by atoms with Crippen molar-refractivity contribution in [2.75, 3.05) is 0 Å². The normalized spacial score (nSPS) is 12.3. The van der Waals surface area contributed by atoms with Gasteiger partial charge in [-0.1, -0.05) is 36.4 Å². The van der Waals surface area contributed by atoms with Gasteiger partial charge in [-0.2, -0.15) is 0 Å². The van der Waals surface area contributed by atoms with Gasteiger partial charge < -0.3 is 9.11 Å². The zero-order chi connectivity index (χ0) is 13.4. The molecular weight excluding hydrogens is 360 g/mol. The van der Waals surface area contributed by atoms with Gasteiger partial charge in [0.25, 0.3) is 0 Å². The molecule has 0 aliphatic rings. The van der Waals surface area contributed by atoms with Gasteiger partial charge in [-0.3, -0.25) is 8.42 Å². The average Bonchev–Trinajstić information content (AvgIpc) is 2.41. The van der Waals surface area contributed by atoms with Crippen molar-refractivity contribution in [2.45, 2.75) is 9.79 Å². The van der Waals surface area contributed by atoms with Crippen molar-refractivity contribution in [3.63, 3.8) is 0 Å². The van der Waals surface area contributed by atoms with E-state index in [1.165, 1.54) is 0 Å². The summed E-state index contributed by atoms with van der Waals surface area (Å²) in [4.78, 5) is 0.662. The summed E-state index contributed by atoms with van der Waals surface area (Å²) in [5.41, 5.74) is 0. The van der Waals surface area contributed by atoms with Crippen LogP contribution in [0.5, 0.6) is 0 Å². The van der Waals surface area contributed by atoms with Crippen molar-refractivity contribution in [3.8, 4) is 0 Å². The molecule has 2 aromatic rings. The molecule has 96 valence electrons. The number of rotatable bonds is 2. The maximum absolute atomic E-state index is 10.2. The molecule has 0 spiro atoms. The summed E-state index contributed by atoms with van der Waals surface area (Å²) in [7, 11) is 0. The Morgan fingerprint density at radius 1 is 0.632 bits per heavy atom. The summed E-state index contributed by atoms with van der Waals surface area (Å²) in [6, 6.07) is 16.5. The van der Waals surface area contributed by atoms with Crippen LogP contribution in [0, 0.1) is 0 Å². The topological polar surface area (TPSA) is 80.3 Å². The predicted molar refractivity (Wildman–Crippen MR) is 73.0 cm³/mol. The third-order valence-electron chi connectivity index (χ3n) is 1.87. The minimum absolute atomic E-state index is 0. The van der Waals surface area contributed by atoms with E-state index in [9.17, 15) is 17.5 Å². The van der Waals surface area contributed by atoms with E-state index in [1.54, 1.807) is 60.7 Å². The summed E-state index contributed by atoms with van der Waals surface area (Å²) < 4.78 is 40.8. The van der Waals surface area contributed by atoms with Gasteiger partial charge in [0, 0.05) is 9.79 Å². The van der Waals surface area contributed by atoms with Gasteiger partial charge in [-0.25, -0.2) is 0 Å². The fourth-order valence-electron chi connectivity index (χ4n) is 1.06. The third-order valence-corrected chi connectivity index (χ3v) is 3.19. The second kappa shape index (κ2) is 10.9. The molecule has 0 N–H and O–H groups in total. The van der Waals surface area contributed by atoms with Crippen LogP contribution in [0.15, 0.2) is 70.5 Å². The van der Waals surface area contributed by atoms with Crippen molar-refractivity contribution in [3.05, 3.63) is 60.7 Å². The zero-order valence-corrected chi connectivity index (χ0v) is 15.0. The first-order chi connectivity index (χ1) is 8.61. The van der Waals surface area contributed by atoms with Crippen LogP contribution in [0.4, 0.5) is 0 Å². The fourth-order valence-corrected chi connectivity index (χ4v) is 1.82. The number of hydrogen-bond donors (Lipinski definition) is 0. The van der Waals surface area contributed by atoms with Gasteiger partial charge in [0.05, 0.1) is 0 Å². The van der Waals surface area contributed by atoms with Gasteiger partial charge in [0.1, 0.15) is 0 Å². The van der Waals surface area contributed by atoms with Crippen molar-refractivity contribution in [2.24, 2.45) is 0 Å². The van der Waals surface area contributed by atoms with Gasteiger partial charge >= 0.3 is 45.5 Å². The Bertz CT molecular complexity index is 470. The maximum atomic E-state index is 10.2. The van der Waals surface area contributed by atoms with E-state index in [0.717, 1.165) is 0 Å². The summed E-state index contributed by atoms with van der Waals surface area (Å²) in [5, 5.41) is 0. The molecule has 0 bridgehead atoms. The van der Waals surface area contributed by atoms with Crippen LogP contribution in [-0.4, -0.2) is 63.0 Å². The summed E-state index contributed by atoms with van der Waals surface area (Å²) in [6.07, 6.45) is 0. The summed E-state index contributed by atoms with van der Waals surface area (Å²) in [6.45, 7) is 0. The molecule has 19 heavy (non-hydrogen) atoms.